The number of unbranched alkanes of at least 4 members (excludes halogenated alkanes) is 1. The molecule has 0 bridgehead atoms. The van der Waals surface area contributed by atoms with Gasteiger partial charge in [-0.25, -0.2) is 0 Å². The molecule has 0 unspecified atom stereocenters. The number of amides is 2. The summed E-state index contributed by atoms with van der Waals surface area (Å²) >= 11 is 0. The van der Waals surface area contributed by atoms with E-state index in [1.807, 2.05) is 37.3 Å². The minimum atomic E-state index is -0.692. The van der Waals surface area contributed by atoms with E-state index in [0.29, 0.717) is 12.1 Å². The largest absolute Gasteiger partial charge is 0.354 e. The molecular weight excluding hydrogens is 370 g/mol. The molecule has 2 aromatic rings. The number of nitrogens with zero attached hydrogens (tertiary/aromatic N) is 2. The molecule has 0 aliphatic heterocycles. The smallest absolute Gasteiger partial charge is 0.273 e. The second-order valence-corrected chi connectivity index (χ2v) is 6.89. The Bertz CT molecular complexity index is 839. The van der Waals surface area contributed by atoms with Gasteiger partial charge in [0.05, 0.1) is 11.3 Å². The van der Waals surface area contributed by atoms with Crippen LogP contribution in [0.4, 0.5) is 5.69 Å². The average Bonchev–Trinajstić information content (AvgIpc) is 2.72. The minimum Gasteiger partial charge on any atom is -0.354 e. The molecule has 0 aliphatic rings. The summed E-state index contributed by atoms with van der Waals surface area (Å²) in [5.41, 5.74) is 1.12. The average molecular weight is 397 g/mol. The summed E-state index contributed by atoms with van der Waals surface area (Å²) in [5.74, 6) is -0.563. The Labute approximate surface area is 170 Å². The zero-order valence-corrected chi connectivity index (χ0v) is 16.8. The van der Waals surface area contributed by atoms with Gasteiger partial charge in [0, 0.05) is 24.7 Å². The molecule has 2 aromatic carbocycles. The molecule has 7 nitrogen and oxygen atoms in total. The Morgan fingerprint density at radius 3 is 2.41 bits per heavy atom. The second-order valence-electron chi connectivity index (χ2n) is 6.89. The monoisotopic (exact) mass is 397 g/mol. The first kappa shape index (κ1) is 22.1. The fraction of sp³-hybridized carbons (Fsp3) is 0.364. The molecule has 154 valence electrons. The molecule has 0 saturated carbocycles. The summed E-state index contributed by atoms with van der Waals surface area (Å²) in [5, 5.41) is 14.1. The molecule has 2 amide bonds. The van der Waals surface area contributed by atoms with Crippen molar-refractivity contribution in [3.63, 3.8) is 0 Å². The molecule has 29 heavy (non-hydrogen) atoms. The van der Waals surface area contributed by atoms with Crippen molar-refractivity contribution in [2.45, 2.75) is 45.7 Å². The van der Waals surface area contributed by atoms with Crippen LogP contribution in [0.25, 0.3) is 0 Å². The minimum absolute atomic E-state index is 0.0967. The van der Waals surface area contributed by atoms with Crippen LogP contribution in [0.3, 0.4) is 0 Å². The van der Waals surface area contributed by atoms with Crippen molar-refractivity contribution in [1.82, 2.24) is 10.2 Å². The molecule has 0 fully saturated rings. The van der Waals surface area contributed by atoms with Crippen LogP contribution in [0.5, 0.6) is 0 Å². The van der Waals surface area contributed by atoms with Gasteiger partial charge in [0.1, 0.15) is 6.04 Å². The van der Waals surface area contributed by atoms with Crippen LogP contribution in [-0.2, 0) is 22.6 Å². The van der Waals surface area contributed by atoms with Gasteiger partial charge < -0.3 is 10.2 Å². The van der Waals surface area contributed by atoms with Crippen LogP contribution in [0, 0.1) is 10.1 Å². The van der Waals surface area contributed by atoms with E-state index in [0.717, 1.165) is 18.4 Å². The van der Waals surface area contributed by atoms with Crippen molar-refractivity contribution in [2.75, 3.05) is 6.54 Å². The van der Waals surface area contributed by atoms with Gasteiger partial charge in [0.25, 0.3) is 5.69 Å². The Kier molecular flexibility index (Phi) is 8.33. The maximum Gasteiger partial charge on any atom is 0.273 e. The van der Waals surface area contributed by atoms with E-state index in [-0.39, 0.29) is 30.5 Å². The molecule has 7 heteroatoms. The van der Waals surface area contributed by atoms with Crippen LogP contribution in [0.1, 0.15) is 37.8 Å². The van der Waals surface area contributed by atoms with E-state index in [1.165, 1.54) is 11.0 Å². The van der Waals surface area contributed by atoms with Crippen molar-refractivity contribution in [3.05, 3.63) is 75.8 Å². The topological polar surface area (TPSA) is 92.6 Å². The normalized spacial score (nSPS) is 11.5. The number of hydrogen-bond acceptors (Lipinski definition) is 4. The number of nitro benzene ring substituents is 1. The SMILES string of the molecule is CCCCNC(=O)[C@H](C)N(Cc1ccccc1)C(=O)Cc1ccccc1[N+](=O)[O-]. The van der Waals surface area contributed by atoms with Gasteiger partial charge in [-0.1, -0.05) is 61.9 Å². The van der Waals surface area contributed by atoms with Crippen molar-refractivity contribution < 1.29 is 14.5 Å². The van der Waals surface area contributed by atoms with Crippen molar-refractivity contribution >= 4 is 17.5 Å². The number of hydrogen-bond donors (Lipinski definition) is 1. The van der Waals surface area contributed by atoms with E-state index < -0.39 is 11.0 Å². The molecule has 0 spiro atoms. The van der Waals surface area contributed by atoms with Gasteiger partial charge in [-0.3, -0.25) is 19.7 Å². The lowest BCUT2D eigenvalue weighted by Gasteiger charge is -2.29. The van der Waals surface area contributed by atoms with Gasteiger partial charge in [0.15, 0.2) is 0 Å². The lowest BCUT2D eigenvalue weighted by Crippen LogP contribution is -2.48. The van der Waals surface area contributed by atoms with Crippen LogP contribution < -0.4 is 5.32 Å². The number of carbonyl (C=O) groups excluding carboxylic acids is 2. The summed E-state index contributed by atoms with van der Waals surface area (Å²) < 4.78 is 0. The lowest BCUT2D eigenvalue weighted by atomic mass is 10.1. The van der Waals surface area contributed by atoms with Gasteiger partial charge >= 0.3 is 0 Å². The quantitative estimate of drug-likeness (QED) is 0.377. The number of benzene rings is 2. The third-order valence-corrected chi connectivity index (χ3v) is 4.72. The Morgan fingerprint density at radius 1 is 1.10 bits per heavy atom. The standard InChI is InChI=1S/C22H27N3O4/c1-3-4-14-23-22(27)17(2)24(16-18-10-6-5-7-11-18)21(26)15-19-12-8-9-13-20(19)25(28)29/h5-13,17H,3-4,14-16H2,1-2H3,(H,23,27)/t17-/m0/s1. The molecule has 0 radical (unpaired) electrons. The van der Waals surface area contributed by atoms with Gasteiger partial charge in [-0.05, 0) is 18.9 Å². The van der Waals surface area contributed by atoms with Gasteiger partial charge in [0.2, 0.25) is 11.8 Å². The summed E-state index contributed by atoms with van der Waals surface area (Å²) in [6.45, 7) is 4.52. The van der Waals surface area contributed by atoms with Crippen LogP contribution in [0.15, 0.2) is 54.6 Å². The zero-order valence-electron chi connectivity index (χ0n) is 16.8. The molecule has 0 saturated heterocycles. The first-order chi connectivity index (χ1) is 13.9. The molecule has 1 N–H and O–H groups in total. The number of nitrogens with one attached hydrogen (secondary N) is 1. The van der Waals surface area contributed by atoms with E-state index in [1.54, 1.807) is 25.1 Å². The summed E-state index contributed by atoms with van der Waals surface area (Å²) in [6.07, 6.45) is 1.68. The van der Waals surface area contributed by atoms with Crippen molar-refractivity contribution in [1.29, 1.82) is 0 Å². The summed E-state index contributed by atoms with van der Waals surface area (Å²) in [6, 6.07) is 14.9. The van der Waals surface area contributed by atoms with Crippen molar-refractivity contribution in [2.24, 2.45) is 0 Å². The fourth-order valence-corrected chi connectivity index (χ4v) is 3.00. The first-order valence-electron chi connectivity index (χ1n) is 9.77. The molecule has 0 aromatic heterocycles. The Morgan fingerprint density at radius 2 is 1.76 bits per heavy atom. The fourth-order valence-electron chi connectivity index (χ4n) is 3.00. The maximum absolute atomic E-state index is 13.1. The van der Waals surface area contributed by atoms with Crippen LogP contribution in [-0.4, -0.2) is 34.2 Å². The third-order valence-electron chi connectivity index (χ3n) is 4.72. The van der Waals surface area contributed by atoms with Crippen LogP contribution >= 0.6 is 0 Å². The van der Waals surface area contributed by atoms with E-state index in [9.17, 15) is 19.7 Å². The van der Waals surface area contributed by atoms with E-state index in [4.69, 9.17) is 0 Å². The Hall–Kier alpha value is -3.22. The van der Waals surface area contributed by atoms with Gasteiger partial charge in [-0.15, -0.1) is 0 Å². The lowest BCUT2D eigenvalue weighted by molar-refractivity contribution is -0.385. The molecular formula is C22H27N3O4. The number of nitro groups is 1. The number of carbonyl (C=O) groups is 2. The molecule has 0 heterocycles. The molecule has 2 rings (SSSR count). The predicted octanol–water partition coefficient (Wildman–Crippen LogP) is 3.47. The van der Waals surface area contributed by atoms with Gasteiger partial charge in [-0.2, -0.15) is 0 Å². The van der Waals surface area contributed by atoms with Crippen molar-refractivity contribution in [3.8, 4) is 0 Å². The van der Waals surface area contributed by atoms with E-state index in [2.05, 4.69) is 5.32 Å². The predicted molar refractivity (Wildman–Crippen MR) is 111 cm³/mol. The number of rotatable bonds is 10. The summed E-state index contributed by atoms with van der Waals surface area (Å²) in [4.78, 5) is 37.9. The first-order valence-corrected chi connectivity index (χ1v) is 9.77. The van der Waals surface area contributed by atoms with Crippen LogP contribution in [0.2, 0.25) is 0 Å². The zero-order chi connectivity index (χ0) is 21.2. The highest BCUT2D eigenvalue weighted by atomic mass is 16.6. The highest BCUT2D eigenvalue weighted by molar-refractivity contribution is 5.88. The molecule has 1 atom stereocenters. The summed E-state index contributed by atoms with van der Waals surface area (Å²) in [7, 11) is 0. The second kappa shape index (κ2) is 10.9. The Balaban J connectivity index is 2.23. The highest BCUT2D eigenvalue weighted by Crippen LogP contribution is 2.20. The maximum atomic E-state index is 13.1. The molecule has 0 aliphatic carbocycles. The number of para-hydroxylation sites is 1. The highest BCUT2D eigenvalue weighted by Gasteiger charge is 2.27. The van der Waals surface area contributed by atoms with E-state index >= 15 is 0 Å². The third kappa shape index (κ3) is 6.41.